The van der Waals surface area contributed by atoms with Crippen LogP contribution < -0.4 is 0 Å². The Kier molecular flexibility index (Phi) is 10.3. The Bertz CT molecular complexity index is 595. The van der Waals surface area contributed by atoms with Crippen molar-refractivity contribution in [3.8, 4) is 0 Å². The van der Waals surface area contributed by atoms with E-state index in [1.165, 1.54) is 47.5 Å². The van der Waals surface area contributed by atoms with Crippen LogP contribution in [0, 0.1) is 0 Å². The van der Waals surface area contributed by atoms with E-state index in [0.29, 0.717) is 5.25 Å². The zero-order valence-corrected chi connectivity index (χ0v) is 18.1. The third-order valence-corrected chi connectivity index (χ3v) is 6.77. The molecule has 0 saturated carbocycles. The summed E-state index contributed by atoms with van der Waals surface area (Å²) in [6, 6.07) is 20.2. The zero-order chi connectivity index (χ0) is 18.6. The van der Waals surface area contributed by atoms with Crippen LogP contribution in [0.15, 0.2) is 59.5 Å². The van der Waals surface area contributed by atoms with Crippen LogP contribution in [0.25, 0.3) is 0 Å². The molecule has 0 saturated heterocycles. The molecule has 0 aliphatic rings. The molecule has 0 aromatic heterocycles. The van der Waals surface area contributed by atoms with E-state index in [4.69, 9.17) is 0 Å². The van der Waals surface area contributed by atoms with Crippen LogP contribution in [0.1, 0.15) is 49.0 Å². The van der Waals surface area contributed by atoms with Crippen molar-refractivity contribution >= 4 is 23.5 Å². The van der Waals surface area contributed by atoms with Gasteiger partial charge in [0.05, 0.1) is 5.25 Å². The topological polar surface area (TPSA) is 3.24 Å². The molecule has 0 N–H and O–H groups in total. The van der Waals surface area contributed by atoms with Crippen molar-refractivity contribution < 1.29 is 0 Å². The van der Waals surface area contributed by atoms with E-state index < -0.39 is 0 Å². The predicted molar refractivity (Wildman–Crippen MR) is 121 cm³/mol. The third-order valence-electron chi connectivity index (χ3n) is 4.37. The second kappa shape index (κ2) is 12.5. The lowest BCUT2D eigenvalue weighted by Crippen LogP contribution is -2.15. The summed E-state index contributed by atoms with van der Waals surface area (Å²) in [5.74, 6) is 2.37. The molecule has 26 heavy (non-hydrogen) atoms. The minimum atomic E-state index is 0.416. The fourth-order valence-electron chi connectivity index (χ4n) is 2.82. The van der Waals surface area contributed by atoms with Gasteiger partial charge in [-0.25, -0.2) is 0 Å². The van der Waals surface area contributed by atoms with Gasteiger partial charge in [0, 0.05) is 17.2 Å². The molecule has 0 radical (unpaired) electrons. The molecular formula is C23H33NS2. The SMILES string of the molecule is CCCCCCSc1ccc([C@@H](SCCN(C)C)c2ccccc2)cc1. The van der Waals surface area contributed by atoms with Crippen molar-refractivity contribution in [2.24, 2.45) is 0 Å². The molecule has 0 aliphatic carbocycles. The maximum atomic E-state index is 2.33. The van der Waals surface area contributed by atoms with Crippen LogP contribution >= 0.6 is 23.5 Å². The van der Waals surface area contributed by atoms with E-state index >= 15 is 0 Å². The molecule has 0 heterocycles. The van der Waals surface area contributed by atoms with Gasteiger partial charge in [0.2, 0.25) is 0 Å². The van der Waals surface area contributed by atoms with Crippen molar-refractivity contribution in [3.05, 3.63) is 65.7 Å². The van der Waals surface area contributed by atoms with Gasteiger partial charge in [-0.3, -0.25) is 0 Å². The molecule has 0 amide bonds. The molecular weight excluding hydrogens is 354 g/mol. The molecule has 1 atom stereocenters. The predicted octanol–water partition coefficient (Wildman–Crippen LogP) is 6.74. The van der Waals surface area contributed by atoms with E-state index in [2.05, 4.69) is 80.5 Å². The summed E-state index contributed by atoms with van der Waals surface area (Å²) in [7, 11) is 4.29. The number of benzene rings is 2. The highest BCUT2D eigenvalue weighted by atomic mass is 32.2. The Labute approximate surface area is 169 Å². The monoisotopic (exact) mass is 387 g/mol. The van der Waals surface area contributed by atoms with E-state index in [1.807, 2.05) is 23.5 Å². The second-order valence-electron chi connectivity index (χ2n) is 6.94. The molecule has 2 rings (SSSR count). The minimum absolute atomic E-state index is 0.416. The Hall–Kier alpha value is -0.900. The fraction of sp³-hybridized carbons (Fsp3) is 0.478. The maximum Gasteiger partial charge on any atom is 0.0547 e. The van der Waals surface area contributed by atoms with Crippen molar-refractivity contribution in [3.63, 3.8) is 0 Å². The van der Waals surface area contributed by atoms with Gasteiger partial charge < -0.3 is 4.90 Å². The maximum absolute atomic E-state index is 2.33. The lowest BCUT2D eigenvalue weighted by Gasteiger charge is -2.19. The summed E-state index contributed by atoms with van der Waals surface area (Å²) in [5, 5.41) is 0.416. The molecule has 0 fully saturated rings. The molecule has 1 nitrogen and oxygen atoms in total. The highest BCUT2D eigenvalue weighted by molar-refractivity contribution is 7.99. The molecule has 142 valence electrons. The Morgan fingerprint density at radius 1 is 0.808 bits per heavy atom. The number of hydrogen-bond donors (Lipinski definition) is 0. The van der Waals surface area contributed by atoms with Gasteiger partial charge in [0.15, 0.2) is 0 Å². The Morgan fingerprint density at radius 2 is 1.50 bits per heavy atom. The minimum Gasteiger partial charge on any atom is -0.309 e. The van der Waals surface area contributed by atoms with Crippen LogP contribution in [0.5, 0.6) is 0 Å². The van der Waals surface area contributed by atoms with Gasteiger partial charge >= 0.3 is 0 Å². The summed E-state index contributed by atoms with van der Waals surface area (Å²) in [6.45, 7) is 3.38. The zero-order valence-electron chi connectivity index (χ0n) is 16.5. The van der Waals surface area contributed by atoms with Gasteiger partial charge in [-0.2, -0.15) is 0 Å². The largest absolute Gasteiger partial charge is 0.309 e. The first-order valence-corrected chi connectivity index (χ1v) is 11.8. The van der Waals surface area contributed by atoms with Gasteiger partial charge in [-0.05, 0) is 49.5 Å². The lowest BCUT2D eigenvalue weighted by molar-refractivity contribution is 0.437. The molecule has 2 aromatic carbocycles. The summed E-state index contributed by atoms with van der Waals surface area (Å²) < 4.78 is 0. The van der Waals surface area contributed by atoms with Crippen molar-refractivity contribution in [2.45, 2.75) is 42.8 Å². The summed E-state index contributed by atoms with van der Waals surface area (Å²) in [5.41, 5.74) is 2.81. The fourth-order valence-corrected chi connectivity index (χ4v) is 5.14. The summed E-state index contributed by atoms with van der Waals surface area (Å²) in [4.78, 5) is 3.66. The van der Waals surface area contributed by atoms with Crippen molar-refractivity contribution in [1.29, 1.82) is 0 Å². The van der Waals surface area contributed by atoms with Crippen LogP contribution in [0.4, 0.5) is 0 Å². The molecule has 3 heteroatoms. The van der Waals surface area contributed by atoms with Crippen molar-refractivity contribution in [2.75, 3.05) is 32.1 Å². The molecule has 0 bridgehead atoms. The lowest BCUT2D eigenvalue weighted by atomic mass is 10.0. The van der Waals surface area contributed by atoms with Gasteiger partial charge in [-0.1, -0.05) is 68.7 Å². The first-order valence-electron chi connectivity index (χ1n) is 9.74. The Morgan fingerprint density at radius 3 is 2.15 bits per heavy atom. The molecule has 0 aliphatic heterocycles. The second-order valence-corrected chi connectivity index (χ2v) is 9.32. The first kappa shape index (κ1) is 21.4. The molecule has 0 spiro atoms. The normalized spacial score (nSPS) is 12.5. The number of thioether (sulfide) groups is 2. The standard InChI is InChI=1S/C23H33NS2/c1-4-5-6-10-18-25-22-15-13-21(14-16-22)23(26-19-17-24(2)3)20-11-8-7-9-12-20/h7-9,11-16,23H,4-6,10,17-19H2,1-3H3/t23-/m0/s1. The summed E-state index contributed by atoms with van der Waals surface area (Å²) >= 11 is 4.04. The average molecular weight is 388 g/mol. The van der Waals surface area contributed by atoms with E-state index in [-0.39, 0.29) is 0 Å². The number of rotatable bonds is 12. The van der Waals surface area contributed by atoms with Crippen LogP contribution in [0.2, 0.25) is 0 Å². The van der Waals surface area contributed by atoms with E-state index in [0.717, 1.165) is 12.3 Å². The van der Waals surface area contributed by atoms with Crippen LogP contribution in [-0.2, 0) is 0 Å². The van der Waals surface area contributed by atoms with E-state index in [1.54, 1.807) is 0 Å². The van der Waals surface area contributed by atoms with Crippen LogP contribution in [-0.4, -0.2) is 37.0 Å². The Balaban J connectivity index is 1.98. The van der Waals surface area contributed by atoms with Crippen LogP contribution in [0.3, 0.4) is 0 Å². The first-order chi connectivity index (χ1) is 12.7. The van der Waals surface area contributed by atoms with Gasteiger partial charge in [-0.15, -0.1) is 23.5 Å². The highest BCUT2D eigenvalue weighted by Crippen LogP contribution is 2.36. The number of hydrogen-bond acceptors (Lipinski definition) is 3. The third kappa shape index (κ3) is 7.77. The molecule has 2 aromatic rings. The average Bonchev–Trinajstić information content (AvgIpc) is 2.66. The summed E-state index contributed by atoms with van der Waals surface area (Å²) in [6.07, 6.45) is 5.36. The highest BCUT2D eigenvalue weighted by Gasteiger charge is 2.14. The number of unbranched alkanes of at least 4 members (excludes halogenated alkanes) is 3. The number of nitrogens with zero attached hydrogens (tertiary/aromatic N) is 1. The van der Waals surface area contributed by atoms with Crippen molar-refractivity contribution in [1.82, 2.24) is 4.90 Å². The smallest absolute Gasteiger partial charge is 0.0547 e. The quantitative estimate of drug-likeness (QED) is 0.293. The molecule has 0 unspecified atom stereocenters. The van der Waals surface area contributed by atoms with Gasteiger partial charge in [0.1, 0.15) is 0 Å². The van der Waals surface area contributed by atoms with Gasteiger partial charge in [0.25, 0.3) is 0 Å². The van der Waals surface area contributed by atoms with E-state index in [9.17, 15) is 0 Å².